The van der Waals surface area contributed by atoms with Gasteiger partial charge < -0.3 is 40.0 Å². The summed E-state index contributed by atoms with van der Waals surface area (Å²) in [6.45, 7) is 14.4. The van der Waals surface area contributed by atoms with E-state index in [1.807, 2.05) is 66.7 Å². The van der Waals surface area contributed by atoms with Crippen molar-refractivity contribution in [3.05, 3.63) is 30.1 Å². The zero-order chi connectivity index (χ0) is 38.4. The predicted molar refractivity (Wildman–Crippen MR) is 198 cm³/mol. The van der Waals surface area contributed by atoms with Gasteiger partial charge in [0.2, 0.25) is 23.6 Å². The molecule has 1 saturated heterocycles. The van der Waals surface area contributed by atoms with Crippen molar-refractivity contribution >= 4 is 23.6 Å². The lowest BCUT2D eigenvalue weighted by Gasteiger charge is -2.41. The summed E-state index contributed by atoms with van der Waals surface area (Å²) in [5.41, 5.74) is 0.887. The van der Waals surface area contributed by atoms with E-state index in [1.54, 1.807) is 51.4 Å². The maximum Gasteiger partial charge on any atom is 0.245 e. The average Bonchev–Trinajstić information content (AvgIpc) is 3.54. The van der Waals surface area contributed by atoms with Crippen LogP contribution in [-0.2, 0) is 39.8 Å². The third-order valence-electron chi connectivity index (χ3n) is 10.5. The highest BCUT2D eigenvalue weighted by Crippen LogP contribution is 2.30. The number of hydrogen-bond donors (Lipinski definition) is 3. The van der Waals surface area contributed by atoms with Gasteiger partial charge in [-0.3, -0.25) is 24.2 Å². The summed E-state index contributed by atoms with van der Waals surface area (Å²) in [7, 11) is 8.20. The molecule has 1 aliphatic heterocycles. The van der Waals surface area contributed by atoms with E-state index in [0.29, 0.717) is 25.9 Å². The third kappa shape index (κ3) is 11.9. The van der Waals surface area contributed by atoms with Gasteiger partial charge in [0.25, 0.3) is 0 Å². The van der Waals surface area contributed by atoms with E-state index in [2.05, 4.69) is 20.9 Å². The van der Waals surface area contributed by atoms with Crippen LogP contribution in [0.15, 0.2) is 24.4 Å². The highest BCUT2D eigenvalue weighted by atomic mass is 16.5. The molecule has 51 heavy (non-hydrogen) atoms. The van der Waals surface area contributed by atoms with Crippen LogP contribution in [0.5, 0.6) is 0 Å². The second-order valence-electron chi connectivity index (χ2n) is 14.6. The first-order valence-corrected chi connectivity index (χ1v) is 18.5. The van der Waals surface area contributed by atoms with Crippen LogP contribution < -0.4 is 16.0 Å². The SMILES string of the molecule is CC[C@H](C)[C@@H]([C@@H](CC(=O)N1C[C@H](OC)C[C@H]1[C@H](OC)[C@@H](C)C(=O)NCCc1ccccn1)OC)N(C)C(=O)[C@@H](NC(=O)[C@@H](NC)C(C)C)C(C)C. The Morgan fingerprint density at radius 2 is 1.65 bits per heavy atom. The van der Waals surface area contributed by atoms with Crippen LogP contribution in [-0.4, -0.2) is 129 Å². The number of nitrogens with zero attached hydrogens (tertiary/aromatic N) is 3. The number of carbonyl (C=O) groups is 4. The molecular weight excluding hydrogens is 652 g/mol. The molecule has 0 spiro atoms. The Bertz CT molecular complexity index is 1230. The number of amides is 4. The Morgan fingerprint density at radius 3 is 2.16 bits per heavy atom. The summed E-state index contributed by atoms with van der Waals surface area (Å²) in [5, 5.41) is 9.04. The molecule has 0 aromatic carbocycles. The van der Waals surface area contributed by atoms with Crippen molar-refractivity contribution in [3.8, 4) is 0 Å². The minimum Gasteiger partial charge on any atom is -0.380 e. The highest BCUT2D eigenvalue weighted by molar-refractivity contribution is 5.90. The van der Waals surface area contributed by atoms with Crippen molar-refractivity contribution in [1.29, 1.82) is 0 Å². The fourth-order valence-electron chi connectivity index (χ4n) is 7.22. The van der Waals surface area contributed by atoms with Gasteiger partial charge in [-0.25, -0.2) is 0 Å². The summed E-state index contributed by atoms with van der Waals surface area (Å²) in [6.07, 6.45) is 2.13. The molecule has 2 rings (SSSR count). The van der Waals surface area contributed by atoms with Gasteiger partial charge in [-0.05, 0) is 43.4 Å². The van der Waals surface area contributed by atoms with Crippen LogP contribution in [0, 0.1) is 23.7 Å². The number of methoxy groups -OCH3 is 3. The molecule has 9 atom stereocenters. The summed E-state index contributed by atoms with van der Waals surface area (Å²) in [4.78, 5) is 62.6. The van der Waals surface area contributed by atoms with E-state index in [9.17, 15) is 19.2 Å². The van der Waals surface area contributed by atoms with Crippen LogP contribution in [0.2, 0.25) is 0 Å². The summed E-state index contributed by atoms with van der Waals surface area (Å²) in [6, 6.07) is 3.61. The zero-order valence-electron chi connectivity index (χ0n) is 33.1. The summed E-state index contributed by atoms with van der Waals surface area (Å²) in [5.74, 6) is -1.53. The first-order valence-electron chi connectivity index (χ1n) is 18.5. The predicted octanol–water partition coefficient (Wildman–Crippen LogP) is 2.67. The molecule has 0 aliphatic carbocycles. The van der Waals surface area contributed by atoms with Gasteiger partial charge in [-0.1, -0.05) is 61.0 Å². The number of carbonyl (C=O) groups excluding carboxylic acids is 4. The molecule has 13 heteroatoms. The molecule has 0 radical (unpaired) electrons. The van der Waals surface area contributed by atoms with E-state index < -0.39 is 42.3 Å². The van der Waals surface area contributed by atoms with Crippen LogP contribution in [0.3, 0.4) is 0 Å². The van der Waals surface area contributed by atoms with E-state index in [0.717, 1.165) is 12.1 Å². The van der Waals surface area contributed by atoms with Crippen molar-refractivity contribution in [2.45, 2.75) is 117 Å². The number of likely N-dealkylation sites (N-methyl/N-ethyl adjacent to an activating group) is 2. The maximum absolute atomic E-state index is 14.3. The molecule has 0 unspecified atom stereocenters. The number of ether oxygens (including phenoxy) is 3. The van der Waals surface area contributed by atoms with Gasteiger partial charge in [0.05, 0.1) is 48.8 Å². The number of nitrogens with one attached hydrogen (secondary N) is 3. The standard InChI is InChI=1S/C38H66N6O7/c1-13-25(6)34(43(9)38(48)33(24(4)5)42-37(47)32(39-8)23(2)3)30(50-11)21-31(45)44-22-28(49-10)20-29(44)35(51-12)26(7)36(46)41-19-17-27-16-14-15-18-40-27/h14-16,18,23-26,28-30,32-35,39H,13,17,19-22H2,1-12H3,(H,41,46)(H,42,47)/t25-,26+,28+,29-,30+,32-,33-,34-,35+/m0/s1. The van der Waals surface area contributed by atoms with Gasteiger partial charge in [0.1, 0.15) is 6.04 Å². The molecule has 0 bridgehead atoms. The molecule has 1 aromatic rings. The van der Waals surface area contributed by atoms with Gasteiger partial charge in [0, 0.05) is 59.8 Å². The molecule has 4 amide bonds. The zero-order valence-corrected chi connectivity index (χ0v) is 33.1. The fourth-order valence-corrected chi connectivity index (χ4v) is 7.22. The first kappa shape index (κ1) is 44.0. The van der Waals surface area contributed by atoms with E-state index in [4.69, 9.17) is 14.2 Å². The topological polar surface area (TPSA) is 151 Å². The summed E-state index contributed by atoms with van der Waals surface area (Å²) < 4.78 is 17.7. The largest absolute Gasteiger partial charge is 0.380 e. The molecule has 1 aromatic heterocycles. The molecule has 3 N–H and O–H groups in total. The summed E-state index contributed by atoms with van der Waals surface area (Å²) >= 11 is 0. The van der Waals surface area contributed by atoms with Gasteiger partial charge in [-0.15, -0.1) is 0 Å². The average molecular weight is 719 g/mol. The van der Waals surface area contributed by atoms with Crippen molar-refractivity contribution in [2.75, 3.05) is 48.5 Å². The molecule has 1 aliphatic rings. The highest BCUT2D eigenvalue weighted by Gasteiger charge is 2.45. The monoisotopic (exact) mass is 718 g/mol. The van der Waals surface area contributed by atoms with E-state index >= 15 is 0 Å². The first-order chi connectivity index (χ1) is 24.2. The quantitative estimate of drug-likeness (QED) is 0.174. The Balaban J connectivity index is 2.28. The van der Waals surface area contributed by atoms with Crippen LogP contribution in [0.1, 0.15) is 73.4 Å². The van der Waals surface area contributed by atoms with Crippen molar-refractivity contribution in [3.63, 3.8) is 0 Å². The number of likely N-dealkylation sites (tertiary alicyclic amines) is 1. The minimum atomic E-state index is -0.763. The molecular formula is C38H66N6O7. The second kappa shape index (κ2) is 21.4. The Kier molecular flexibility index (Phi) is 18.5. The number of aromatic nitrogens is 1. The number of rotatable bonds is 21. The second-order valence-corrected chi connectivity index (χ2v) is 14.6. The van der Waals surface area contributed by atoms with Crippen molar-refractivity contribution in [1.82, 2.24) is 30.7 Å². The van der Waals surface area contributed by atoms with Crippen LogP contribution in [0.25, 0.3) is 0 Å². The Hall–Kier alpha value is -3.13. The minimum absolute atomic E-state index is 0.00499. The molecule has 1 fully saturated rings. The number of hydrogen-bond acceptors (Lipinski definition) is 9. The number of pyridine rings is 1. The van der Waals surface area contributed by atoms with E-state index in [1.165, 1.54) is 0 Å². The lowest BCUT2D eigenvalue weighted by Crippen LogP contribution is -2.59. The van der Waals surface area contributed by atoms with Crippen LogP contribution >= 0.6 is 0 Å². The van der Waals surface area contributed by atoms with Gasteiger partial charge in [-0.2, -0.15) is 0 Å². The normalized spacial score (nSPS) is 20.3. The van der Waals surface area contributed by atoms with Gasteiger partial charge in [0.15, 0.2) is 0 Å². The molecule has 290 valence electrons. The van der Waals surface area contributed by atoms with E-state index in [-0.39, 0.29) is 53.9 Å². The molecule has 0 saturated carbocycles. The lowest BCUT2D eigenvalue weighted by molar-refractivity contribution is -0.147. The fraction of sp³-hybridized carbons (Fsp3) is 0.763. The van der Waals surface area contributed by atoms with Crippen LogP contribution in [0.4, 0.5) is 0 Å². The Morgan fingerprint density at radius 1 is 0.980 bits per heavy atom. The lowest BCUT2D eigenvalue weighted by atomic mass is 9.89. The van der Waals surface area contributed by atoms with Crippen molar-refractivity contribution in [2.24, 2.45) is 23.7 Å². The Labute approximate surface area is 306 Å². The third-order valence-corrected chi connectivity index (χ3v) is 10.5. The maximum atomic E-state index is 14.3. The molecule has 2 heterocycles. The van der Waals surface area contributed by atoms with Gasteiger partial charge >= 0.3 is 0 Å². The smallest absolute Gasteiger partial charge is 0.245 e. The van der Waals surface area contributed by atoms with Crippen molar-refractivity contribution < 1.29 is 33.4 Å². The molecule has 13 nitrogen and oxygen atoms in total.